The molecule has 0 fully saturated rings. The third-order valence-electron chi connectivity index (χ3n) is 3.97. The summed E-state index contributed by atoms with van der Waals surface area (Å²) in [6, 6.07) is 8.43. The van der Waals surface area contributed by atoms with Gasteiger partial charge >= 0.3 is 0 Å². The van der Waals surface area contributed by atoms with Crippen LogP contribution in [0.1, 0.15) is 23.7 Å². The van der Waals surface area contributed by atoms with E-state index in [4.69, 9.17) is 4.74 Å². The SMILES string of the molecule is COc1ccc2nnc(CNC(=O)CC(c3ccccc3F)C(F)F)n2n1. The zero-order valence-corrected chi connectivity index (χ0v) is 14.3. The van der Waals surface area contributed by atoms with Crippen molar-refractivity contribution in [2.24, 2.45) is 0 Å². The summed E-state index contributed by atoms with van der Waals surface area (Å²) < 4.78 is 46.9. The maximum Gasteiger partial charge on any atom is 0.246 e. The molecule has 0 aliphatic heterocycles. The Labute approximate surface area is 152 Å². The van der Waals surface area contributed by atoms with Crippen molar-refractivity contribution >= 4 is 11.6 Å². The molecule has 2 heterocycles. The standard InChI is InChI=1S/C17H16F3N5O2/c1-27-16-7-6-13-22-23-14(25(13)24-16)9-21-15(26)8-11(17(19)20)10-4-2-3-5-12(10)18/h2-7,11,17H,8-9H2,1H3,(H,21,26). The number of carbonyl (C=O) groups excluding carboxylic acids is 1. The molecule has 1 atom stereocenters. The zero-order valence-electron chi connectivity index (χ0n) is 14.3. The molecule has 10 heteroatoms. The number of alkyl halides is 2. The number of halogens is 3. The molecular formula is C17H16F3N5O2. The number of nitrogens with one attached hydrogen (secondary N) is 1. The van der Waals surface area contributed by atoms with Gasteiger partial charge in [-0.25, -0.2) is 13.2 Å². The molecule has 0 aliphatic carbocycles. The lowest BCUT2D eigenvalue weighted by atomic mass is 9.95. The minimum Gasteiger partial charge on any atom is -0.480 e. The number of rotatable bonds is 7. The summed E-state index contributed by atoms with van der Waals surface area (Å²) in [6.07, 6.45) is -3.45. The van der Waals surface area contributed by atoms with E-state index in [0.717, 1.165) is 6.07 Å². The fourth-order valence-corrected chi connectivity index (χ4v) is 2.60. The van der Waals surface area contributed by atoms with E-state index in [1.54, 1.807) is 12.1 Å². The van der Waals surface area contributed by atoms with E-state index in [1.165, 1.54) is 29.8 Å². The van der Waals surface area contributed by atoms with Gasteiger partial charge < -0.3 is 10.1 Å². The molecule has 1 N–H and O–H groups in total. The van der Waals surface area contributed by atoms with Crippen LogP contribution in [0.3, 0.4) is 0 Å². The van der Waals surface area contributed by atoms with Crippen LogP contribution >= 0.6 is 0 Å². The average molecular weight is 379 g/mol. The van der Waals surface area contributed by atoms with E-state index in [2.05, 4.69) is 20.6 Å². The summed E-state index contributed by atoms with van der Waals surface area (Å²) in [5.74, 6) is -2.35. The fraction of sp³-hybridized carbons (Fsp3) is 0.294. The molecule has 0 saturated carbocycles. The Morgan fingerprint density at radius 1 is 1.22 bits per heavy atom. The van der Waals surface area contributed by atoms with Crippen molar-refractivity contribution in [2.75, 3.05) is 7.11 Å². The van der Waals surface area contributed by atoms with E-state index in [-0.39, 0.29) is 12.1 Å². The molecule has 0 radical (unpaired) electrons. The Hall–Kier alpha value is -3.17. The van der Waals surface area contributed by atoms with Crippen LogP contribution in [0.5, 0.6) is 5.88 Å². The molecule has 0 saturated heterocycles. The molecule has 142 valence electrons. The molecule has 1 aromatic carbocycles. The number of amides is 1. The van der Waals surface area contributed by atoms with Crippen LogP contribution in [0.25, 0.3) is 5.65 Å². The number of ether oxygens (including phenoxy) is 1. The predicted molar refractivity (Wildman–Crippen MR) is 88.9 cm³/mol. The first-order valence-electron chi connectivity index (χ1n) is 8.04. The first-order chi connectivity index (χ1) is 13.0. The van der Waals surface area contributed by atoms with Gasteiger partial charge in [0.1, 0.15) is 5.82 Å². The number of fused-ring (bicyclic) bond motifs is 1. The molecular weight excluding hydrogens is 363 g/mol. The van der Waals surface area contributed by atoms with E-state index in [9.17, 15) is 18.0 Å². The largest absolute Gasteiger partial charge is 0.480 e. The Balaban J connectivity index is 1.69. The third kappa shape index (κ3) is 4.15. The van der Waals surface area contributed by atoms with Crippen molar-refractivity contribution in [1.82, 2.24) is 25.1 Å². The Morgan fingerprint density at radius 2 is 2.00 bits per heavy atom. The number of carbonyl (C=O) groups is 1. The van der Waals surface area contributed by atoms with Gasteiger partial charge in [0.2, 0.25) is 18.2 Å². The van der Waals surface area contributed by atoms with Crippen LogP contribution in [0.4, 0.5) is 13.2 Å². The van der Waals surface area contributed by atoms with E-state index >= 15 is 0 Å². The molecule has 7 nitrogen and oxygen atoms in total. The summed E-state index contributed by atoms with van der Waals surface area (Å²) in [5.41, 5.74) is 0.249. The highest BCUT2D eigenvalue weighted by Crippen LogP contribution is 2.28. The lowest BCUT2D eigenvalue weighted by Crippen LogP contribution is -2.28. The van der Waals surface area contributed by atoms with Gasteiger partial charge in [0.05, 0.1) is 19.6 Å². The molecule has 3 aromatic rings. The van der Waals surface area contributed by atoms with Crippen molar-refractivity contribution in [3.63, 3.8) is 0 Å². The monoisotopic (exact) mass is 379 g/mol. The van der Waals surface area contributed by atoms with Crippen molar-refractivity contribution in [3.05, 3.63) is 53.6 Å². The highest BCUT2D eigenvalue weighted by Gasteiger charge is 2.27. The Kier molecular flexibility index (Phi) is 5.53. The lowest BCUT2D eigenvalue weighted by molar-refractivity contribution is -0.122. The predicted octanol–water partition coefficient (Wildman–Crippen LogP) is 2.33. The molecule has 0 bridgehead atoms. The first-order valence-corrected chi connectivity index (χ1v) is 8.04. The van der Waals surface area contributed by atoms with Crippen molar-refractivity contribution in [1.29, 1.82) is 0 Å². The molecule has 0 aliphatic rings. The summed E-state index contributed by atoms with van der Waals surface area (Å²) in [4.78, 5) is 12.1. The van der Waals surface area contributed by atoms with E-state index in [1.807, 2.05) is 0 Å². The van der Waals surface area contributed by atoms with Crippen molar-refractivity contribution in [2.45, 2.75) is 25.3 Å². The minimum absolute atomic E-state index is 0.0760. The molecule has 3 rings (SSSR count). The maximum atomic E-state index is 13.8. The van der Waals surface area contributed by atoms with E-state index in [0.29, 0.717) is 17.4 Å². The summed E-state index contributed by atoms with van der Waals surface area (Å²) in [6.45, 7) is -0.0760. The number of hydrogen-bond donors (Lipinski definition) is 1. The summed E-state index contributed by atoms with van der Waals surface area (Å²) in [7, 11) is 1.45. The quantitative estimate of drug-likeness (QED) is 0.681. The molecule has 2 aromatic heterocycles. The van der Waals surface area contributed by atoms with E-state index < -0.39 is 30.5 Å². The van der Waals surface area contributed by atoms with Gasteiger partial charge in [-0.2, -0.15) is 4.52 Å². The summed E-state index contributed by atoms with van der Waals surface area (Å²) >= 11 is 0. The van der Waals surface area contributed by atoms with Crippen molar-refractivity contribution < 1.29 is 22.7 Å². The highest BCUT2D eigenvalue weighted by atomic mass is 19.3. The van der Waals surface area contributed by atoms with Gasteiger partial charge in [-0.1, -0.05) is 18.2 Å². The Bertz CT molecular complexity index is 947. The normalized spacial score (nSPS) is 12.3. The number of benzene rings is 1. The van der Waals surface area contributed by atoms with Gasteiger partial charge in [0.25, 0.3) is 0 Å². The molecule has 1 unspecified atom stereocenters. The number of nitrogens with zero attached hydrogens (tertiary/aromatic N) is 4. The topological polar surface area (TPSA) is 81.4 Å². The lowest BCUT2D eigenvalue weighted by Gasteiger charge is -2.16. The van der Waals surface area contributed by atoms with Crippen LogP contribution < -0.4 is 10.1 Å². The Morgan fingerprint density at radius 3 is 2.70 bits per heavy atom. The van der Waals surface area contributed by atoms with Crippen LogP contribution in [0.15, 0.2) is 36.4 Å². The van der Waals surface area contributed by atoms with Crippen LogP contribution in [0, 0.1) is 5.82 Å². The summed E-state index contributed by atoms with van der Waals surface area (Å²) in [5, 5.41) is 14.4. The fourth-order valence-electron chi connectivity index (χ4n) is 2.60. The first kappa shape index (κ1) is 18.6. The van der Waals surface area contributed by atoms with Crippen LogP contribution in [0.2, 0.25) is 0 Å². The smallest absolute Gasteiger partial charge is 0.246 e. The maximum absolute atomic E-state index is 13.8. The second-order valence-electron chi connectivity index (χ2n) is 5.71. The number of aromatic nitrogens is 4. The van der Waals surface area contributed by atoms with Gasteiger partial charge in [-0.15, -0.1) is 15.3 Å². The highest BCUT2D eigenvalue weighted by molar-refractivity contribution is 5.76. The van der Waals surface area contributed by atoms with Crippen LogP contribution in [-0.2, 0) is 11.3 Å². The van der Waals surface area contributed by atoms with Gasteiger partial charge in [-0.3, -0.25) is 4.79 Å². The zero-order chi connectivity index (χ0) is 19.4. The van der Waals surface area contributed by atoms with Crippen molar-refractivity contribution in [3.8, 4) is 5.88 Å². The third-order valence-corrected chi connectivity index (χ3v) is 3.97. The molecule has 0 spiro atoms. The number of hydrogen-bond acceptors (Lipinski definition) is 5. The molecule has 1 amide bonds. The second kappa shape index (κ2) is 8.02. The van der Waals surface area contributed by atoms with Gasteiger partial charge in [-0.05, 0) is 17.7 Å². The van der Waals surface area contributed by atoms with Crippen LogP contribution in [-0.4, -0.2) is 39.3 Å². The van der Waals surface area contributed by atoms with Gasteiger partial charge in [0, 0.05) is 12.5 Å². The van der Waals surface area contributed by atoms with Gasteiger partial charge in [0.15, 0.2) is 11.5 Å². The average Bonchev–Trinajstić information content (AvgIpc) is 3.07. The number of methoxy groups -OCH3 is 1. The molecule has 27 heavy (non-hydrogen) atoms. The second-order valence-corrected chi connectivity index (χ2v) is 5.71. The minimum atomic E-state index is -2.88.